The highest BCUT2D eigenvalue weighted by Gasteiger charge is 2.10. The van der Waals surface area contributed by atoms with Crippen molar-refractivity contribution < 1.29 is 13.9 Å². The molecule has 0 bridgehead atoms. The third kappa shape index (κ3) is 4.65. The van der Waals surface area contributed by atoms with E-state index in [0.717, 1.165) is 18.8 Å². The smallest absolute Gasteiger partial charge is 0.341 e. The Balaban J connectivity index is 1.65. The molecule has 1 aromatic rings. The van der Waals surface area contributed by atoms with Gasteiger partial charge in [-0.2, -0.15) is 0 Å². The van der Waals surface area contributed by atoms with Crippen molar-refractivity contribution in [3.63, 3.8) is 0 Å². The Kier molecular flexibility index (Phi) is 6.08. The van der Waals surface area contributed by atoms with Gasteiger partial charge in [0, 0.05) is 13.1 Å². The highest BCUT2D eigenvalue weighted by Crippen LogP contribution is 2.10. The number of furan rings is 1. The third-order valence-corrected chi connectivity index (χ3v) is 3.68. The van der Waals surface area contributed by atoms with Crippen molar-refractivity contribution in [1.82, 2.24) is 10.2 Å². The molecule has 0 aromatic carbocycles. The average Bonchev–Trinajstić information content (AvgIpc) is 2.79. The van der Waals surface area contributed by atoms with Gasteiger partial charge in [0.2, 0.25) is 0 Å². The van der Waals surface area contributed by atoms with Gasteiger partial charge < -0.3 is 19.4 Å². The van der Waals surface area contributed by atoms with Gasteiger partial charge in [-0.15, -0.1) is 0 Å². The van der Waals surface area contributed by atoms with E-state index in [1.165, 1.54) is 52.1 Å². The molecule has 0 amide bonds. The molecule has 2 heterocycles. The number of rotatable bonds is 6. The van der Waals surface area contributed by atoms with Crippen molar-refractivity contribution in [1.29, 1.82) is 0 Å². The lowest BCUT2D eigenvalue weighted by Gasteiger charge is -2.19. The van der Waals surface area contributed by atoms with Crippen molar-refractivity contribution in [3.05, 3.63) is 23.7 Å². The number of ether oxygens (including phenoxy) is 1. The van der Waals surface area contributed by atoms with Gasteiger partial charge in [0.15, 0.2) is 0 Å². The van der Waals surface area contributed by atoms with Crippen LogP contribution in [0.25, 0.3) is 0 Å². The van der Waals surface area contributed by atoms with Crippen LogP contribution >= 0.6 is 0 Å². The summed E-state index contributed by atoms with van der Waals surface area (Å²) in [5.41, 5.74) is 0.469. The van der Waals surface area contributed by atoms with E-state index in [2.05, 4.69) is 15.0 Å². The van der Waals surface area contributed by atoms with E-state index >= 15 is 0 Å². The second kappa shape index (κ2) is 8.07. The molecule has 0 spiro atoms. The number of methoxy groups -OCH3 is 1. The van der Waals surface area contributed by atoms with Gasteiger partial charge in [-0.3, -0.25) is 0 Å². The van der Waals surface area contributed by atoms with Crippen LogP contribution in [-0.4, -0.2) is 44.2 Å². The molecule has 0 radical (unpaired) electrons. The molecule has 0 saturated carbocycles. The first-order valence-corrected chi connectivity index (χ1v) is 7.38. The quantitative estimate of drug-likeness (QED) is 0.638. The van der Waals surface area contributed by atoms with Gasteiger partial charge >= 0.3 is 5.97 Å². The molecule has 1 aliphatic rings. The summed E-state index contributed by atoms with van der Waals surface area (Å²) < 4.78 is 9.96. The Morgan fingerprint density at radius 3 is 2.80 bits per heavy atom. The van der Waals surface area contributed by atoms with Crippen molar-refractivity contribution in [2.75, 3.05) is 33.3 Å². The number of hydrogen-bond donors (Lipinski definition) is 1. The molecule has 112 valence electrons. The van der Waals surface area contributed by atoms with Gasteiger partial charge in [-0.25, -0.2) is 4.79 Å². The number of hydrogen-bond acceptors (Lipinski definition) is 5. The molecule has 1 aromatic heterocycles. The second-order valence-corrected chi connectivity index (χ2v) is 5.23. The minimum Gasteiger partial charge on any atom is -0.467 e. The normalized spacial score (nSPS) is 16.9. The van der Waals surface area contributed by atoms with E-state index < -0.39 is 0 Å². The van der Waals surface area contributed by atoms with Gasteiger partial charge in [0.1, 0.15) is 12.0 Å². The lowest BCUT2D eigenvalue weighted by molar-refractivity contribution is 0.0600. The average molecular weight is 280 g/mol. The summed E-state index contributed by atoms with van der Waals surface area (Å²) in [6, 6.07) is 1.73. The molecule has 20 heavy (non-hydrogen) atoms. The zero-order valence-corrected chi connectivity index (χ0v) is 12.2. The van der Waals surface area contributed by atoms with E-state index in [0.29, 0.717) is 12.1 Å². The summed E-state index contributed by atoms with van der Waals surface area (Å²) in [6.45, 7) is 5.09. The van der Waals surface area contributed by atoms with E-state index in [4.69, 9.17) is 4.42 Å². The Labute approximate surface area is 120 Å². The first-order valence-electron chi connectivity index (χ1n) is 7.38. The Bertz CT molecular complexity index is 409. The maximum atomic E-state index is 11.3. The van der Waals surface area contributed by atoms with Crippen molar-refractivity contribution in [2.24, 2.45) is 0 Å². The fourth-order valence-electron chi connectivity index (χ4n) is 2.51. The van der Waals surface area contributed by atoms with Crippen LogP contribution in [0.3, 0.4) is 0 Å². The molecule has 2 rings (SSSR count). The zero-order valence-electron chi connectivity index (χ0n) is 12.2. The lowest BCUT2D eigenvalue weighted by atomic mass is 10.2. The molecule has 1 N–H and O–H groups in total. The zero-order chi connectivity index (χ0) is 14.2. The van der Waals surface area contributed by atoms with Gasteiger partial charge in [-0.05, 0) is 32.0 Å². The van der Waals surface area contributed by atoms with E-state index in [9.17, 15) is 4.79 Å². The van der Waals surface area contributed by atoms with Crippen molar-refractivity contribution in [2.45, 2.75) is 32.2 Å². The fraction of sp³-hybridized carbons (Fsp3) is 0.667. The number of nitrogens with one attached hydrogen (secondary N) is 1. The van der Waals surface area contributed by atoms with Crippen LogP contribution in [-0.2, 0) is 11.3 Å². The first kappa shape index (κ1) is 15.1. The van der Waals surface area contributed by atoms with Crippen LogP contribution in [0, 0.1) is 0 Å². The summed E-state index contributed by atoms with van der Waals surface area (Å²) >= 11 is 0. The summed E-state index contributed by atoms with van der Waals surface area (Å²) in [4.78, 5) is 13.8. The Morgan fingerprint density at radius 2 is 2.10 bits per heavy atom. The summed E-state index contributed by atoms with van der Waals surface area (Å²) in [7, 11) is 1.37. The topological polar surface area (TPSA) is 54.7 Å². The molecule has 0 aliphatic carbocycles. The van der Waals surface area contributed by atoms with Crippen molar-refractivity contribution >= 4 is 5.97 Å². The molecule has 1 saturated heterocycles. The fourth-order valence-corrected chi connectivity index (χ4v) is 2.51. The highest BCUT2D eigenvalue weighted by molar-refractivity contribution is 5.88. The second-order valence-electron chi connectivity index (χ2n) is 5.23. The SMILES string of the molecule is COC(=O)c1coc(CNCCN2CCCCCC2)c1. The standard InChI is InChI=1S/C15H24N2O3/c1-19-15(18)13-10-14(20-12-13)11-16-6-9-17-7-4-2-3-5-8-17/h10,12,16H,2-9,11H2,1H3. The van der Waals surface area contributed by atoms with E-state index in [1.54, 1.807) is 6.07 Å². The largest absolute Gasteiger partial charge is 0.467 e. The van der Waals surface area contributed by atoms with Crippen LogP contribution in [0.5, 0.6) is 0 Å². The predicted octanol–water partition coefficient (Wildman–Crippen LogP) is 2.03. The summed E-state index contributed by atoms with van der Waals surface area (Å²) in [5, 5.41) is 3.35. The maximum Gasteiger partial charge on any atom is 0.341 e. The Morgan fingerprint density at radius 1 is 1.35 bits per heavy atom. The lowest BCUT2D eigenvalue weighted by Crippen LogP contribution is -2.32. The highest BCUT2D eigenvalue weighted by atomic mass is 16.5. The molecule has 1 aliphatic heterocycles. The van der Waals surface area contributed by atoms with Crippen LogP contribution in [0.15, 0.2) is 16.7 Å². The number of nitrogens with zero attached hydrogens (tertiary/aromatic N) is 1. The van der Waals surface area contributed by atoms with Crippen LogP contribution in [0.2, 0.25) is 0 Å². The first-order chi connectivity index (χ1) is 9.79. The number of esters is 1. The molecule has 0 unspecified atom stereocenters. The molecule has 5 nitrogen and oxygen atoms in total. The monoisotopic (exact) mass is 280 g/mol. The minimum absolute atomic E-state index is 0.357. The van der Waals surface area contributed by atoms with Crippen LogP contribution < -0.4 is 5.32 Å². The molecular weight excluding hydrogens is 256 g/mol. The minimum atomic E-state index is -0.357. The summed E-state index contributed by atoms with van der Waals surface area (Å²) in [6.07, 6.45) is 6.82. The molecule has 1 fully saturated rings. The predicted molar refractivity (Wildman–Crippen MR) is 76.7 cm³/mol. The number of likely N-dealkylation sites (tertiary alicyclic amines) is 1. The van der Waals surface area contributed by atoms with E-state index in [-0.39, 0.29) is 5.97 Å². The van der Waals surface area contributed by atoms with Crippen LogP contribution in [0.1, 0.15) is 41.8 Å². The van der Waals surface area contributed by atoms with Crippen LogP contribution in [0.4, 0.5) is 0 Å². The van der Waals surface area contributed by atoms with Gasteiger partial charge in [0.05, 0.1) is 19.2 Å². The molecule has 5 heteroatoms. The van der Waals surface area contributed by atoms with E-state index in [1.807, 2.05) is 0 Å². The van der Waals surface area contributed by atoms with Crippen molar-refractivity contribution in [3.8, 4) is 0 Å². The molecule has 0 atom stereocenters. The third-order valence-electron chi connectivity index (χ3n) is 3.68. The Hall–Kier alpha value is -1.33. The maximum absolute atomic E-state index is 11.3. The molecular formula is C15H24N2O3. The number of carbonyl (C=O) groups is 1. The number of carbonyl (C=O) groups excluding carboxylic acids is 1. The summed E-state index contributed by atoms with van der Waals surface area (Å²) in [5.74, 6) is 0.408. The van der Waals surface area contributed by atoms with Gasteiger partial charge in [-0.1, -0.05) is 12.8 Å². The van der Waals surface area contributed by atoms with Gasteiger partial charge in [0.25, 0.3) is 0 Å².